The molecule has 10 heteroatoms. The molecule has 2 aromatic rings. The quantitative estimate of drug-likeness (QED) is 0.343. The van der Waals surface area contributed by atoms with E-state index in [1.807, 2.05) is 6.92 Å². The predicted octanol–water partition coefficient (Wildman–Crippen LogP) is 0.849. The van der Waals surface area contributed by atoms with Gasteiger partial charge in [-0.15, -0.1) is 0 Å². The van der Waals surface area contributed by atoms with Gasteiger partial charge in [-0.05, 0) is 24.6 Å². The van der Waals surface area contributed by atoms with Crippen LogP contribution in [0.3, 0.4) is 0 Å². The van der Waals surface area contributed by atoms with E-state index >= 15 is 0 Å². The van der Waals surface area contributed by atoms with Crippen molar-refractivity contribution < 1.29 is 34.4 Å². The number of carboxylic acid groups (broad SMARTS) is 1. The van der Waals surface area contributed by atoms with Crippen molar-refractivity contribution in [2.75, 3.05) is 46.0 Å². The number of esters is 1. The van der Waals surface area contributed by atoms with Crippen molar-refractivity contribution in [2.45, 2.75) is 25.5 Å². The van der Waals surface area contributed by atoms with Gasteiger partial charge in [0.25, 0.3) is 0 Å². The van der Waals surface area contributed by atoms with Gasteiger partial charge in [0.1, 0.15) is 18.1 Å². The Labute approximate surface area is 179 Å². The number of morpholine rings is 1. The van der Waals surface area contributed by atoms with Crippen LogP contribution in [0.25, 0.3) is 10.9 Å². The lowest BCUT2D eigenvalue weighted by Crippen LogP contribution is -2.39. The van der Waals surface area contributed by atoms with Gasteiger partial charge in [-0.2, -0.15) is 0 Å². The molecule has 1 fully saturated rings. The molecule has 0 spiro atoms. The first-order chi connectivity index (χ1) is 14.8. The maximum absolute atomic E-state index is 12.0. The smallest absolute Gasteiger partial charge is 0.352 e. The number of ether oxygens (including phenoxy) is 2. The largest absolute Gasteiger partial charge is 0.506 e. The third-order valence-corrected chi connectivity index (χ3v) is 5.30. The van der Waals surface area contributed by atoms with Crippen LogP contribution in [-0.2, 0) is 14.3 Å². The number of hydrogen-bond acceptors (Lipinski definition) is 8. The first kappa shape index (κ1) is 23.0. The highest BCUT2D eigenvalue weighted by atomic mass is 16.5. The Hall–Kier alpha value is -2.66. The standard InChI is InChI=1S/C21H29N3O7/c1-13(10-19(27)31-9-6-24-4-7-30-8-5-24)22-12-18(26)14-2-3-17(25)20-15(14)11-16(23-20)21(28)29/h2-3,11,13,18,22-23,25-26H,4-10,12H2,1H3,(H,28,29). The first-order valence-electron chi connectivity index (χ1n) is 10.3. The van der Waals surface area contributed by atoms with Crippen molar-refractivity contribution in [1.29, 1.82) is 0 Å². The number of aromatic hydroxyl groups is 1. The molecule has 10 nitrogen and oxygen atoms in total. The summed E-state index contributed by atoms with van der Waals surface area (Å²) in [6, 6.07) is 4.11. The monoisotopic (exact) mass is 435 g/mol. The van der Waals surface area contributed by atoms with Gasteiger partial charge in [0.05, 0.1) is 31.3 Å². The number of aliphatic hydroxyl groups excluding tert-OH is 1. The number of hydrogen-bond donors (Lipinski definition) is 5. The second kappa shape index (κ2) is 10.6. The average molecular weight is 435 g/mol. The topological polar surface area (TPSA) is 144 Å². The number of H-pyrrole nitrogens is 1. The van der Waals surface area contributed by atoms with E-state index in [2.05, 4.69) is 15.2 Å². The van der Waals surface area contributed by atoms with Crippen molar-refractivity contribution in [2.24, 2.45) is 0 Å². The fraction of sp³-hybridized carbons (Fsp3) is 0.524. The summed E-state index contributed by atoms with van der Waals surface area (Å²) in [5.74, 6) is -1.57. The average Bonchev–Trinajstić information content (AvgIpc) is 3.20. The van der Waals surface area contributed by atoms with Gasteiger partial charge < -0.3 is 35.1 Å². The van der Waals surface area contributed by atoms with Crippen molar-refractivity contribution in [1.82, 2.24) is 15.2 Å². The van der Waals surface area contributed by atoms with Crippen molar-refractivity contribution in [3.8, 4) is 5.75 Å². The number of carbonyl (C=O) groups is 2. The molecule has 2 atom stereocenters. The van der Waals surface area contributed by atoms with E-state index in [0.29, 0.717) is 37.3 Å². The van der Waals surface area contributed by atoms with Gasteiger partial charge in [-0.3, -0.25) is 9.69 Å². The Bertz CT molecular complexity index is 908. The van der Waals surface area contributed by atoms with Gasteiger partial charge in [0.15, 0.2) is 0 Å². The van der Waals surface area contributed by atoms with Gasteiger partial charge in [-0.1, -0.05) is 6.07 Å². The van der Waals surface area contributed by atoms with Crippen LogP contribution in [0.5, 0.6) is 5.75 Å². The highest BCUT2D eigenvalue weighted by Gasteiger charge is 2.19. The van der Waals surface area contributed by atoms with Crippen LogP contribution in [-0.4, -0.2) is 89.2 Å². The number of phenolic OH excluding ortho intramolecular Hbond substituents is 1. The van der Waals surface area contributed by atoms with Crippen molar-refractivity contribution in [3.63, 3.8) is 0 Å². The van der Waals surface area contributed by atoms with Gasteiger partial charge >= 0.3 is 11.9 Å². The summed E-state index contributed by atoms with van der Waals surface area (Å²) in [5.41, 5.74) is 0.654. The van der Waals surface area contributed by atoms with E-state index in [1.165, 1.54) is 12.1 Å². The van der Waals surface area contributed by atoms with Crippen molar-refractivity contribution in [3.05, 3.63) is 29.5 Å². The number of aliphatic hydroxyl groups is 1. The molecule has 1 aromatic carbocycles. The summed E-state index contributed by atoms with van der Waals surface area (Å²) in [6.45, 7) is 6.06. The Balaban J connectivity index is 1.47. The van der Waals surface area contributed by atoms with Crippen molar-refractivity contribution >= 4 is 22.8 Å². The molecule has 3 rings (SSSR count). The Morgan fingerprint density at radius 1 is 1.32 bits per heavy atom. The van der Waals surface area contributed by atoms with E-state index in [0.717, 1.165) is 13.1 Å². The van der Waals surface area contributed by atoms with Crippen LogP contribution in [0.2, 0.25) is 0 Å². The number of aromatic amines is 1. The molecule has 5 N–H and O–H groups in total. The summed E-state index contributed by atoms with van der Waals surface area (Å²) in [4.78, 5) is 28.1. The molecule has 0 aliphatic carbocycles. The third kappa shape index (κ3) is 6.17. The second-order valence-corrected chi connectivity index (χ2v) is 7.65. The molecule has 0 radical (unpaired) electrons. The number of rotatable bonds is 10. The lowest BCUT2D eigenvalue weighted by Gasteiger charge is -2.26. The molecular weight excluding hydrogens is 406 g/mol. The summed E-state index contributed by atoms with van der Waals surface area (Å²) in [6.07, 6.45) is -0.797. The van der Waals surface area contributed by atoms with E-state index in [9.17, 15) is 19.8 Å². The van der Waals surface area contributed by atoms with Crippen LogP contribution in [0.4, 0.5) is 0 Å². The number of nitrogens with one attached hydrogen (secondary N) is 2. The summed E-state index contributed by atoms with van der Waals surface area (Å²) >= 11 is 0. The number of aromatic nitrogens is 1. The zero-order valence-corrected chi connectivity index (χ0v) is 17.5. The summed E-state index contributed by atoms with van der Waals surface area (Å²) in [7, 11) is 0. The van der Waals surface area contributed by atoms with E-state index in [4.69, 9.17) is 14.6 Å². The molecule has 31 heavy (non-hydrogen) atoms. The molecule has 2 unspecified atom stereocenters. The molecule has 1 aliphatic heterocycles. The lowest BCUT2D eigenvalue weighted by atomic mass is 10.0. The number of aromatic carboxylic acids is 1. The summed E-state index contributed by atoms with van der Waals surface area (Å²) in [5, 5.41) is 33.2. The third-order valence-electron chi connectivity index (χ3n) is 5.30. The van der Waals surface area contributed by atoms with Crippen LogP contribution >= 0.6 is 0 Å². The van der Waals surface area contributed by atoms with E-state index < -0.39 is 12.1 Å². The molecule has 1 saturated heterocycles. The number of carboxylic acids is 1. The second-order valence-electron chi connectivity index (χ2n) is 7.65. The zero-order valence-electron chi connectivity index (χ0n) is 17.5. The Morgan fingerprint density at radius 3 is 2.77 bits per heavy atom. The van der Waals surface area contributed by atoms with Gasteiger partial charge in [-0.25, -0.2) is 4.79 Å². The minimum Gasteiger partial charge on any atom is -0.506 e. The normalized spacial score (nSPS) is 16.8. The molecule has 1 aromatic heterocycles. The fourth-order valence-electron chi connectivity index (χ4n) is 3.55. The number of phenols is 1. The highest BCUT2D eigenvalue weighted by molar-refractivity contribution is 5.97. The van der Waals surface area contributed by atoms with Gasteiger partial charge in [0, 0.05) is 37.6 Å². The molecular formula is C21H29N3O7. The first-order valence-corrected chi connectivity index (χ1v) is 10.3. The van der Waals surface area contributed by atoms with Crippen LogP contribution < -0.4 is 5.32 Å². The minimum atomic E-state index is -1.16. The Kier molecular flexibility index (Phi) is 7.85. The number of benzene rings is 1. The van der Waals surface area contributed by atoms with Crippen LogP contribution in [0.15, 0.2) is 18.2 Å². The molecule has 170 valence electrons. The molecule has 1 aliphatic rings. The molecule has 0 amide bonds. The number of carbonyl (C=O) groups excluding carboxylic acids is 1. The molecule has 2 heterocycles. The maximum Gasteiger partial charge on any atom is 0.352 e. The van der Waals surface area contributed by atoms with E-state index in [1.54, 1.807) is 6.07 Å². The van der Waals surface area contributed by atoms with Crippen LogP contribution in [0.1, 0.15) is 35.5 Å². The zero-order chi connectivity index (χ0) is 22.4. The minimum absolute atomic E-state index is 0.0777. The van der Waals surface area contributed by atoms with Crippen LogP contribution in [0, 0.1) is 0 Å². The highest BCUT2D eigenvalue weighted by Crippen LogP contribution is 2.31. The maximum atomic E-state index is 12.0. The predicted molar refractivity (Wildman–Crippen MR) is 112 cm³/mol. The summed E-state index contributed by atoms with van der Waals surface area (Å²) < 4.78 is 10.6. The van der Waals surface area contributed by atoms with Gasteiger partial charge in [0.2, 0.25) is 0 Å². The number of nitrogens with zero attached hydrogens (tertiary/aromatic N) is 1. The Morgan fingerprint density at radius 2 is 2.06 bits per heavy atom. The molecule has 0 bridgehead atoms. The van der Waals surface area contributed by atoms with E-state index in [-0.39, 0.29) is 41.9 Å². The number of fused-ring (bicyclic) bond motifs is 1. The lowest BCUT2D eigenvalue weighted by molar-refractivity contribution is -0.144. The molecule has 0 saturated carbocycles. The SMILES string of the molecule is CC(CC(=O)OCCN1CCOCC1)NCC(O)c1ccc(O)c2[nH]c(C(=O)O)cc12. The fourth-order valence-corrected chi connectivity index (χ4v) is 3.55.